The molecule has 1 aromatic heterocycles. The van der Waals surface area contributed by atoms with E-state index in [-0.39, 0.29) is 22.1 Å². The smallest absolute Gasteiger partial charge is 0.337 e. The molecule has 0 atom stereocenters. The van der Waals surface area contributed by atoms with Crippen LogP contribution < -0.4 is 0 Å². The lowest BCUT2D eigenvalue weighted by Gasteiger charge is -2.07. The van der Waals surface area contributed by atoms with E-state index >= 15 is 0 Å². The number of carbonyl (C=O) groups is 3. The Morgan fingerprint density at radius 2 is 1.88 bits per heavy atom. The molecule has 8 nitrogen and oxygen atoms in total. The van der Waals surface area contributed by atoms with E-state index in [1.165, 1.54) is 29.2 Å². The lowest BCUT2D eigenvalue weighted by atomic mass is 10.1. The van der Waals surface area contributed by atoms with E-state index in [1.54, 1.807) is 43.5 Å². The molecule has 0 aliphatic carbocycles. The summed E-state index contributed by atoms with van der Waals surface area (Å²) in [6, 6.07) is 14.0. The van der Waals surface area contributed by atoms with Gasteiger partial charge in [0.2, 0.25) is 0 Å². The predicted octanol–water partition coefficient (Wildman–Crippen LogP) is 5.23. The topological polar surface area (TPSA) is 120 Å². The number of aliphatic imine (C=N–C) groups is 1. The first-order valence-corrected chi connectivity index (χ1v) is 10.6. The van der Waals surface area contributed by atoms with E-state index in [1.807, 2.05) is 0 Å². The lowest BCUT2D eigenvalue weighted by molar-refractivity contribution is -0.121. The molecule has 33 heavy (non-hydrogen) atoms. The number of amides is 1. The first-order chi connectivity index (χ1) is 15.7. The number of hydrogen-bond donors (Lipinski definition) is 2. The van der Waals surface area contributed by atoms with Gasteiger partial charge in [0.1, 0.15) is 11.5 Å². The van der Waals surface area contributed by atoms with Crippen molar-refractivity contribution in [2.24, 2.45) is 4.99 Å². The molecule has 1 aliphatic rings. The van der Waals surface area contributed by atoms with Crippen molar-refractivity contribution in [2.45, 2.75) is 0 Å². The number of rotatable bonds is 5. The van der Waals surface area contributed by atoms with Gasteiger partial charge in [-0.05, 0) is 60.3 Å². The Balaban J connectivity index is 1.60. The summed E-state index contributed by atoms with van der Waals surface area (Å²) in [6.07, 6.45) is 1.57. The first-order valence-electron chi connectivity index (χ1n) is 9.45. The number of carboxylic acid groups (broad SMARTS) is 2. The minimum Gasteiger partial charge on any atom is -0.478 e. The first kappa shape index (κ1) is 22.4. The highest BCUT2D eigenvalue weighted by atomic mass is 35.5. The van der Waals surface area contributed by atoms with E-state index < -0.39 is 11.9 Å². The van der Waals surface area contributed by atoms with E-state index in [9.17, 15) is 19.5 Å². The molecule has 0 saturated carbocycles. The zero-order valence-corrected chi connectivity index (χ0v) is 18.6. The summed E-state index contributed by atoms with van der Waals surface area (Å²) in [5.74, 6) is -1.68. The molecule has 166 valence electrons. The molecule has 1 amide bonds. The van der Waals surface area contributed by atoms with Crippen LogP contribution in [0.5, 0.6) is 0 Å². The molecule has 3 aromatic rings. The van der Waals surface area contributed by atoms with Crippen molar-refractivity contribution in [1.29, 1.82) is 0 Å². The molecule has 2 aromatic carbocycles. The van der Waals surface area contributed by atoms with Crippen molar-refractivity contribution < 1.29 is 29.0 Å². The van der Waals surface area contributed by atoms with Gasteiger partial charge in [-0.2, -0.15) is 0 Å². The van der Waals surface area contributed by atoms with Gasteiger partial charge in [-0.3, -0.25) is 9.69 Å². The summed E-state index contributed by atoms with van der Waals surface area (Å²) < 4.78 is 5.78. The summed E-state index contributed by atoms with van der Waals surface area (Å²) in [4.78, 5) is 41.3. The fourth-order valence-electron chi connectivity index (χ4n) is 3.03. The quantitative estimate of drug-likeness (QED) is 0.477. The van der Waals surface area contributed by atoms with Crippen LogP contribution >= 0.6 is 23.4 Å². The van der Waals surface area contributed by atoms with Crippen LogP contribution in [0.2, 0.25) is 5.02 Å². The number of thioether (sulfide) groups is 1. The molecule has 2 N–H and O–H groups in total. The number of carbonyl (C=O) groups excluding carboxylic acids is 1. The van der Waals surface area contributed by atoms with E-state index in [0.717, 1.165) is 11.8 Å². The third-order valence-corrected chi connectivity index (χ3v) is 6.09. The number of nitrogens with zero attached hydrogens (tertiary/aromatic N) is 2. The van der Waals surface area contributed by atoms with Crippen molar-refractivity contribution in [3.8, 4) is 11.3 Å². The van der Waals surface area contributed by atoms with Gasteiger partial charge in [-0.25, -0.2) is 14.6 Å². The maximum Gasteiger partial charge on any atom is 0.337 e. The zero-order valence-electron chi connectivity index (χ0n) is 17.0. The van der Waals surface area contributed by atoms with Gasteiger partial charge in [0, 0.05) is 18.7 Å². The molecule has 1 fully saturated rings. The van der Waals surface area contributed by atoms with E-state index in [0.29, 0.717) is 32.8 Å². The molecule has 1 saturated heterocycles. The summed E-state index contributed by atoms with van der Waals surface area (Å²) in [6.45, 7) is 0. The highest BCUT2D eigenvalue weighted by Crippen LogP contribution is 2.34. The SMILES string of the molecule is CN1C(=O)C(=Cc2ccc(-c3ccc(Cl)c(C(=O)O)c3)o2)SC1=Nc1cccc(C(=O)O)c1. The van der Waals surface area contributed by atoms with Gasteiger partial charge in [-0.1, -0.05) is 17.7 Å². The molecule has 10 heteroatoms. The Hall–Kier alpha value is -3.82. The van der Waals surface area contributed by atoms with Crippen LogP contribution in [0.25, 0.3) is 17.4 Å². The Kier molecular flexibility index (Phi) is 6.08. The summed E-state index contributed by atoms with van der Waals surface area (Å²) in [5, 5.41) is 18.9. The monoisotopic (exact) mass is 482 g/mol. The number of furan rings is 1. The maximum absolute atomic E-state index is 12.7. The van der Waals surface area contributed by atoms with Gasteiger partial charge in [0.25, 0.3) is 5.91 Å². The number of halogens is 1. The zero-order chi connectivity index (χ0) is 23.7. The second-order valence-corrected chi connectivity index (χ2v) is 8.34. The standard InChI is InChI=1S/C23H15ClN2O6S/c1-26-20(27)19(33-23(26)25-14-4-2-3-13(9-14)21(28)29)11-15-6-8-18(32-15)12-5-7-17(24)16(10-12)22(30)31/h2-11H,1H3,(H,28,29)(H,30,31). The van der Waals surface area contributed by atoms with Gasteiger partial charge < -0.3 is 14.6 Å². The number of carboxylic acids is 2. The largest absolute Gasteiger partial charge is 0.478 e. The van der Waals surface area contributed by atoms with Crippen LogP contribution in [-0.4, -0.2) is 45.2 Å². The molecular weight excluding hydrogens is 468 g/mol. The van der Waals surface area contributed by atoms with E-state index in [2.05, 4.69) is 4.99 Å². The van der Waals surface area contributed by atoms with Crippen LogP contribution in [0, 0.1) is 0 Å². The lowest BCUT2D eigenvalue weighted by Crippen LogP contribution is -2.23. The van der Waals surface area contributed by atoms with Crippen LogP contribution in [-0.2, 0) is 4.79 Å². The average molecular weight is 483 g/mol. The van der Waals surface area contributed by atoms with Crippen LogP contribution in [0.15, 0.2) is 68.9 Å². The number of benzene rings is 2. The summed E-state index contributed by atoms with van der Waals surface area (Å²) in [7, 11) is 1.57. The van der Waals surface area contributed by atoms with Crippen LogP contribution in [0.3, 0.4) is 0 Å². The average Bonchev–Trinajstić information content (AvgIpc) is 3.35. The highest BCUT2D eigenvalue weighted by Gasteiger charge is 2.30. The van der Waals surface area contributed by atoms with Crippen molar-refractivity contribution in [2.75, 3.05) is 7.05 Å². The molecule has 0 radical (unpaired) electrons. The van der Waals surface area contributed by atoms with Crippen molar-refractivity contribution in [3.63, 3.8) is 0 Å². The molecule has 0 unspecified atom stereocenters. The minimum absolute atomic E-state index is 0.0403. The van der Waals surface area contributed by atoms with Gasteiger partial charge in [-0.15, -0.1) is 0 Å². The van der Waals surface area contributed by atoms with Gasteiger partial charge in [0.15, 0.2) is 5.17 Å². The molecule has 2 heterocycles. The predicted molar refractivity (Wildman–Crippen MR) is 125 cm³/mol. The summed E-state index contributed by atoms with van der Waals surface area (Å²) in [5.41, 5.74) is 1.00. The van der Waals surface area contributed by atoms with Crippen molar-refractivity contribution in [3.05, 3.63) is 81.4 Å². The fraction of sp³-hybridized carbons (Fsp3) is 0.0435. The van der Waals surface area contributed by atoms with Crippen LogP contribution in [0.1, 0.15) is 26.5 Å². The Bertz CT molecular complexity index is 1360. The fourth-order valence-corrected chi connectivity index (χ4v) is 4.19. The Labute approximate surface area is 196 Å². The maximum atomic E-state index is 12.7. The van der Waals surface area contributed by atoms with Crippen molar-refractivity contribution >= 4 is 58.1 Å². The second-order valence-electron chi connectivity index (χ2n) is 6.93. The molecule has 0 spiro atoms. The molecular formula is C23H15ClN2O6S. The van der Waals surface area contributed by atoms with Gasteiger partial charge in [0.05, 0.1) is 26.7 Å². The third kappa shape index (κ3) is 4.69. The number of hydrogen-bond acceptors (Lipinski definition) is 6. The number of amidine groups is 1. The van der Waals surface area contributed by atoms with E-state index in [4.69, 9.17) is 21.1 Å². The highest BCUT2D eigenvalue weighted by molar-refractivity contribution is 8.18. The minimum atomic E-state index is -1.15. The third-order valence-electron chi connectivity index (χ3n) is 4.70. The molecule has 4 rings (SSSR count). The summed E-state index contributed by atoms with van der Waals surface area (Å²) >= 11 is 7.05. The molecule has 1 aliphatic heterocycles. The van der Waals surface area contributed by atoms with Crippen molar-refractivity contribution in [1.82, 2.24) is 4.90 Å². The van der Waals surface area contributed by atoms with Gasteiger partial charge >= 0.3 is 11.9 Å². The Morgan fingerprint density at radius 1 is 1.09 bits per heavy atom. The number of aromatic carboxylic acids is 2. The molecule has 0 bridgehead atoms. The van der Waals surface area contributed by atoms with Crippen LogP contribution in [0.4, 0.5) is 5.69 Å². The second kappa shape index (κ2) is 8.97. The Morgan fingerprint density at radius 3 is 2.61 bits per heavy atom. The normalized spacial score (nSPS) is 16.1. The number of likely N-dealkylation sites (N-methyl/N-ethyl adjacent to an activating group) is 1.